The lowest BCUT2D eigenvalue weighted by Crippen LogP contribution is -2.45. The van der Waals surface area contributed by atoms with Crippen LogP contribution < -0.4 is 0 Å². The molecule has 1 aromatic carbocycles. The van der Waals surface area contributed by atoms with Gasteiger partial charge in [0.2, 0.25) is 0 Å². The molecule has 2 heterocycles. The molecular formula is C21H23BrN2O3. The maximum atomic E-state index is 13.2. The Balaban J connectivity index is 1.80. The fraction of sp³-hybridized carbons (Fsp3) is 0.381. The van der Waals surface area contributed by atoms with Crippen molar-refractivity contribution in [1.82, 2.24) is 9.88 Å². The van der Waals surface area contributed by atoms with E-state index in [9.17, 15) is 9.59 Å². The predicted molar refractivity (Wildman–Crippen MR) is 106 cm³/mol. The van der Waals surface area contributed by atoms with Gasteiger partial charge < -0.3 is 9.64 Å². The maximum absolute atomic E-state index is 13.2. The molecule has 0 bridgehead atoms. The largest absolute Gasteiger partial charge is 0.459 e. The van der Waals surface area contributed by atoms with E-state index in [1.165, 1.54) is 0 Å². The molecule has 3 rings (SSSR count). The van der Waals surface area contributed by atoms with E-state index in [0.29, 0.717) is 16.5 Å². The summed E-state index contributed by atoms with van der Waals surface area (Å²) < 4.78 is 6.15. The van der Waals surface area contributed by atoms with Gasteiger partial charge in [0, 0.05) is 22.4 Å². The van der Waals surface area contributed by atoms with Crippen LogP contribution in [0.25, 0.3) is 0 Å². The quantitative estimate of drug-likeness (QED) is 0.683. The fourth-order valence-electron chi connectivity index (χ4n) is 3.43. The summed E-state index contributed by atoms with van der Waals surface area (Å²) in [6, 6.07) is 10.7. The van der Waals surface area contributed by atoms with Crippen molar-refractivity contribution in [1.29, 1.82) is 0 Å². The van der Waals surface area contributed by atoms with Crippen LogP contribution in [-0.4, -0.2) is 33.8 Å². The molecule has 1 aliphatic heterocycles. The van der Waals surface area contributed by atoms with Gasteiger partial charge in [0.05, 0.1) is 5.56 Å². The summed E-state index contributed by atoms with van der Waals surface area (Å²) in [5, 5.41) is 0. The van der Waals surface area contributed by atoms with Crippen molar-refractivity contribution in [2.45, 2.75) is 45.9 Å². The van der Waals surface area contributed by atoms with E-state index in [1.54, 1.807) is 17.2 Å². The average Bonchev–Trinajstić information content (AvgIpc) is 2.97. The highest BCUT2D eigenvalue weighted by Crippen LogP contribution is 2.33. The number of ether oxygens (including phenoxy) is 1. The summed E-state index contributed by atoms with van der Waals surface area (Å²) in [5.74, 6) is -0.318. The molecule has 5 nitrogen and oxygen atoms in total. The van der Waals surface area contributed by atoms with Crippen molar-refractivity contribution < 1.29 is 14.3 Å². The van der Waals surface area contributed by atoms with Crippen LogP contribution >= 0.6 is 15.9 Å². The SMILES string of the molecule is Cc1cc(C(=O)N2[C@@H](C(=O)OCc3ccccc3)C[C@@H](C)[C@H]2C)c(Br)cn1. The van der Waals surface area contributed by atoms with Gasteiger partial charge in [-0.3, -0.25) is 9.78 Å². The molecule has 2 aromatic rings. The molecule has 1 saturated heterocycles. The van der Waals surface area contributed by atoms with Crippen molar-refractivity contribution in [2.24, 2.45) is 5.92 Å². The first kappa shape index (κ1) is 19.5. The second-order valence-corrected chi connectivity index (χ2v) is 7.93. The Morgan fingerprint density at radius 3 is 2.67 bits per heavy atom. The maximum Gasteiger partial charge on any atom is 0.329 e. The normalized spacial score (nSPS) is 21.9. The summed E-state index contributed by atoms with van der Waals surface area (Å²) in [5.41, 5.74) is 2.20. The number of nitrogens with zero attached hydrogens (tertiary/aromatic N) is 2. The Hall–Kier alpha value is -2.21. The van der Waals surface area contributed by atoms with Gasteiger partial charge in [-0.1, -0.05) is 37.3 Å². The Bertz CT molecular complexity index is 841. The van der Waals surface area contributed by atoms with Crippen molar-refractivity contribution >= 4 is 27.8 Å². The number of aryl methyl sites for hydroxylation is 1. The Kier molecular flexibility index (Phi) is 5.95. The van der Waals surface area contributed by atoms with Crippen LogP contribution in [0.4, 0.5) is 0 Å². The number of rotatable bonds is 4. The minimum absolute atomic E-state index is 0.0489. The van der Waals surface area contributed by atoms with Crippen molar-refractivity contribution in [3.63, 3.8) is 0 Å². The van der Waals surface area contributed by atoms with Crippen LogP contribution in [0.3, 0.4) is 0 Å². The molecule has 6 heteroatoms. The summed E-state index contributed by atoms with van der Waals surface area (Å²) in [6.45, 7) is 6.08. The van der Waals surface area contributed by atoms with E-state index < -0.39 is 6.04 Å². The zero-order chi connectivity index (χ0) is 19.6. The second kappa shape index (κ2) is 8.21. The Morgan fingerprint density at radius 2 is 1.96 bits per heavy atom. The van der Waals surface area contributed by atoms with Crippen LogP contribution in [0.1, 0.15) is 41.9 Å². The topological polar surface area (TPSA) is 59.5 Å². The summed E-state index contributed by atoms with van der Waals surface area (Å²) in [7, 11) is 0. The summed E-state index contributed by atoms with van der Waals surface area (Å²) in [4.78, 5) is 31.8. The molecule has 0 spiro atoms. The standard InChI is InChI=1S/C21H23BrN2O3/c1-13-9-19(21(26)27-12-16-7-5-4-6-8-16)24(15(13)3)20(25)17-10-14(2)23-11-18(17)22/h4-8,10-11,13,15,19H,9,12H2,1-3H3/t13-,15-,19-/m1/s1. The number of hydrogen-bond donors (Lipinski definition) is 0. The molecule has 1 amide bonds. The van der Waals surface area contributed by atoms with E-state index >= 15 is 0 Å². The first-order valence-electron chi connectivity index (χ1n) is 9.04. The van der Waals surface area contributed by atoms with Gasteiger partial charge in [0.1, 0.15) is 12.6 Å². The van der Waals surface area contributed by atoms with Gasteiger partial charge in [-0.15, -0.1) is 0 Å². The molecule has 142 valence electrons. The van der Waals surface area contributed by atoms with Crippen LogP contribution in [0.5, 0.6) is 0 Å². The van der Waals surface area contributed by atoms with E-state index in [2.05, 4.69) is 27.8 Å². The molecule has 0 saturated carbocycles. The molecule has 1 aliphatic rings. The zero-order valence-electron chi connectivity index (χ0n) is 15.7. The lowest BCUT2D eigenvalue weighted by Gasteiger charge is -2.28. The van der Waals surface area contributed by atoms with Gasteiger partial charge >= 0.3 is 5.97 Å². The van der Waals surface area contributed by atoms with Crippen molar-refractivity contribution in [3.8, 4) is 0 Å². The van der Waals surface area contributed by atoms with Crippen molar-refractivity contribution in [2.75, 3.05) is 0 Å². The molecule has 1 aromatic heterocycles. The number of hydrogen-bond acceptors (Lipinski definition) is 4. The molecule has 3 atom stereocenters. The Labute approximate surface area is 167 Å². The second-order valence-electron chi connectivity index (χ2n) is 7.08. The van der Waals surface area contributed by atoms with E-state index in [4.69, 9.17) is 4.74 Å². The number of benzene rings is 1. The molecule has 0 aliphatic carbocycles. The minimum Gasteiger partial charge on any atom is -0.459 e. The van der Waals surface area contributed by atoms with Crippen LogP contribution in [-0.2, 0) is 16.1 Å². The van der Waals surface area contributed by atoms with Gasteiger partial charge in [-0.05, 0) is 53.7 Å². The average molecular weight is 431 g/mol. The smallest absolute Gasteiger partial charge is 0.329 e. The van der Waals surface area contributed by atoms with Gasteiger partial charge in [-0.2, -0.15) is 0 Å². The van der Waals surface area contributed by atoms with E-state index in [-0.39, 0.29) is 30.4 Å². The fourth-order valence-corrected chi connectivity index (χ4v) is 3.81. The molecule has 0 N–H and O–H groups in total. The minimum atomic E-state index is -0.577. The third-order valence-electron chi connectivity index (χ3n) is 5.15. The highest BCUT2D eigenvalue weighted by molar-refractivity contribution is 9.10. The van der Waals surface area contributed by atoms with Crippen LogP contribution in [0, 0.1) is 12.8 Å². The van der Waals surface area contributed by atoms with E-state index in [1.807, 2.05) is 44.2 Å². The first-order chi connectivity index (χ1) is 12.9. The number of carbonyl (C=O) groups excluding carboxylic acids is 2. The third kappa shape index (κ3) is 4.21. The molecule has 27 heavy (non-hydrogen) atoms. The summed E-state index contributed by atoms with van der Waals surface area (Å²) in [6.07, 6.45) is 2.22. The lowest BCUT2D eigenvalue weighted by atomic mass is 10.0. The number of amides is 1. The number of aromatic nitrogens is 1. The Morgan fingerprint density at radius 1 is 1.26 bits per heavy atom. The molecular weight excluding hydrogens is 408 g/mol. The summed E-state index contributed by atoms with van der Waals surface area (Å²) >= 11 is 3.41. The predicted octanol–water partition coefficient (Wildman–Crippen LogP) is 4.14. The lowest BCUT2D eigenvalue weighted by molar-refractivity contribution is -0.149. The monoisotopic (exact) mass is 430 g/mol. The van der Waals surface area contributed by atoms with E-state index in [0.717, 1.165) is 11.3 Å². The highest BCUT2D eigenvalue weighted by Gasteiger charge is 2.44. The molecule has 0 unspecified atom stereocenters. The van der Waals surface area contributed by atoms with Gasteiger partial charge in [0.25, 0.3) is 5.91 Å². The highest BCUT2D eigenvalue weighted by atomic mass is 79.9. The first-order valence-corrected chi connectivity index (χ1v) is 9.83. The number of esters is 1. The van der Waals surface area contributed by atoms with Crippen LogP contribution in [0.15, 0.2) is 47.1 Å². The zero-order valence-corrected chi connectivity index (χ0v) is 17.3. The van der Waals surface area contributed by atoms with Gasteiger partial charge in [-0.25, -0.2) is 4.79 Å². The number of pyridine rings is 1. The number of carbonyl (C=O) groups is 2. The van der Waals surface area contributed by atoms with Crippen molar-refractivity contribution in [3.05, 3.63) is 63.9 Å². The molecule has 1 fully saturated rings. The number of halogens is 1. The molecule has 0 radical (unpaired) electrons. The third-order valence-corrected chi connectivity index (χ3v) is 5.78. The number of likely N-dealkylation sites (tertiary alicyclic amines) is 1. The van der Waals surface area contributed by atoms with Gasteiger partial charge in [0.15, 0.2) is 0 Å². The van der Waals surface area contributed by atoms with Crippen LogP contribution in [0.2, 0.25) is 0 Å².